The van der Waals surface area contributed by atoms with E-state index in [1.54, 1.807) is 19.2 Å². The quantitative estimate of drug-likeness (QED) is 0.206. The van der Waals surface area contributed by atoms with Crippen LogP contribution in [0, 0.1) is 11.7 Å². The van der Waals surface area contributed by atoms with E-state index in [0.29, 0.717) is 38.7 Å². The van der Waals surface area contributed by atoms with Gasteiger partial charge in [-0.15, -0.1) is 11.3 Å². The van der Waals surface area contributed by atoms with Gasteiger partial charge in [0.15, 0.2) is 17.4 Å². The van der Waals surface area contributed by atoms with E-state index in [1.807, 2.05) is 30.3 Å². The molecule has 0 bridgehead atoms. The van der Waals surface area contributed by atoms with Crippen LogP contribution in [0.3, 0.4) is 0 Å². The number of nitrogens with one attached hydrogen (secondary N) is 3. The number of fused-ring (bicyclic) bond motifs is 2. The maximum absolute atomic E-state index is 16.1. The summed E-state index contributed by atoms with van der Waals surface area (Å²) < 4.78 is 16.1. The van der Waals surface area contributed by atoms with Crippen molar-refractivity contribution in [1.29, 1.82) is 0 Å². The summed E-state index contributed by atoms with van der Waals surface area (Å²) in [6, 6.07) is 11.1. The van der Waals surface area contributed by atoms with Crippen molar-refractivity contribution in [3.63, 3.8) is 0 Å². The van der Waals surface area contributed by atoms with E-state index in [0.717, 1.165) is 35.2 Å². The molecule has 0 unspecified atom stereocenters. The molecule has 0 radical (unpaired) electrons. The van der Waals surface area contributed by atoms with E-state index >= 15 is 4.39 Å². The summed E-state index contributed by atoms with van der Waals surface area (Å²) >= 11 is 1.41. The Kier molecular flexibility index (Phi) is 5.74. The Balaban J connectivity index is 1.28. The fraction of sp³-hybridized carbons (Fsp3) is 0.172. The van der Waals surface area contributed by atoms with Gasteiger partial charge in [0, 0.05) is 28.1 Å². The lowest BCUT2D eigenvalue weighted by atomic mass is 9.85. The van der Waals surface area contributed by atoms with Gasteiger partial charge < -0.3 is 10.3 Å². The van der Waals surface area contributed by atoms with Gasteiger partial charge in [0.25, 0.3) is 0 Å². The Labute approximate surface area is 230 Å². The van der Waals surface area contributed by atoms with Gasteiger partial charge >= 0.3 is 0 Å². The molecule has 1 aliphatic rings. The van der Waals surface area contributed by atoms with Crippen molar-refractivity contribution in [2.45, 2.75) is 26.2 Å². The lowest BCUT2D eigenvalue weighted by Gasteiger charge is -2.24. The molecule has 198 valence electrons. The first-order valence-electron chi connectivity index (χ1n) is 12.9. The number of imidazole rings is 1. The minimum Gasteiger partial charge on any atom is -0.337 e. The molecule has 9 nitrogen and oxygen atoms in total. The molecule has 0 aliphatic heterocycles. The number of hydrogen-bond donors (Lipinski definition) is 3. The molecule has 0 spiro atoms. The molecule has 1 aliphatic carbocycles. The fourth-order valence-electron chi connectivity index (χ4n) is 4.92. The number of nitrogens with zero attached hydrogens (tertiary/aromatic N) is 4. The number of para-hydroxylation sites is 1. The minimum atomic E-state index is -0.574. The van der Waals surface area contributed by atoms with Crippen LogP contribution in [0.1, 0.15) is 35.9 Å². The number of H-pyrrole nitrogens is 2. The van der Waals surface area contributed by atoms with Gasteiger partial charge in [-0.3, -0.25) is 24.7 Å². The standard InChI is InChI=1S/C29H22FN7O2S/c1-14(38)21-8-9-22(40-21)18-6-3-7-19-26(18)35-28(34-19)27-23-20(36-37-27)13-32-25(24(23)30)16-10-17(12-31-11-16)33-29(39)15-4-2-5-15/h3,6-13,15H,2,4-5H2,1H3,(H,33,39)(H,34,35)(H,36,37). The molecule has 6 aromatic rings. The Morgan fingerprint density at radius 2 is 1.95 bits per heavy atom. The van der Waals surface area contributed by atoms with Gasteiger partial charge in [-0.25, -0.2) is 9.37 Å². The molecule has 0 saturated heterocycles. The zero-order valence-electron chi connectivity index (χ0n) is 21.3. The molecule has 1 aromatic carbocycles. The van der Waals surface area contributed by atoms with Crippen LogP contribution in [-0.2, 0) is 4.79 Å². The zero-order valence-corrected chi connectivity index (χ0v) is 22.1. The normalized spacial score (nSPS) is 13.6. The van der Waals surface area contributed by atoms with E-state index in [2.05, 4.69) is 30.5 Å². The van der Waals surface area contributed by atoms with Crippen LogP contribution in [0.25, 0.3) is 55.2 Å². The lowest BCUT2D eigenvalue weighted by molar-refractivity contribution is -0.122. The van der Waals surface area contributed by atoms with Gasteiger partial charge in [-0.1, -0.05) is 18.6 Å². The molecule has 5 heterocycles. The largest absolute Gasteiger partial charge is 0.337 e. The van der Waals surface area contributed by atoms with Crippen molar-refractivity contribution in [2.75, 3.05) is 5.32 Å². The Morgan fingerprint density at radius 1 is 1.07 bits per heavy atom. The number of aromatic nitrogens is 6. The maximum atomic E-state index is 16.1. The maximum Gasteiger partial charge on any atom is 0.227 e. The van der Waals surface area contributed by atoms with Crippen LogP contribution in [0.4, 0.5) is 10.1 Å². The van der Waals surface area contributed by atoms with Crippen LogP contribution in [0.5, 0.6) is 0 Å². The van der Waals surface area contributed by atoms with Crippen molar-refractivity contribution in [3.05, 3.63) is 65.7 Å². The highest BCUT2D eigenvalue weighted by molar-refractivity contribution is 7.17. The summed E-state index contributed by atoms with van der Waals surface area (Å²) in [7, 11) is 0. The summed E-state index contributed by atoms with van der Waals surface area (Å²) in [5.74, 6) is -0.196. The number of amides is 1. The third-order valence-corrected chi connectivity index (χ3v) is 8.47. The van der Waals surface area contributed by atoms with Gasteiger partial charge in [0.1, 0.15) is 11.4 Å². The number of carbonyl (C=O) groups excluding carboxylic acids is 2. The average molecular weight is 552 g/mol. The van der Waals surface area contributed by atoms with Crippen LogP contribution < -0.4 is 5.32 Å². The summed E-state index contributed by atoms with van der Waals surface area (Å²) in [6.45, 7) is 1.54. The fourth-order valence-corrected chi connectivity index (χ4v) is 5.84. The number of benzene rings is 1. The highest BCUT2D eigenvalue weighted by Crippen LogP contribution is 2.37. The molecule has 1 saturated carbocycles. The van der Waals surface area contributed by atoms with Crippen LogP contribution in [0.2, 0.25) is 0 Å². The number of carbonyl (C=O) groups is 2. The summed E-state index contributed by atoms with van der Waals surface area (Å²) in [4.78, 5) is 42.4. The first-order valence-corrected chi connectivity index (χ1v) is 13.7. The summed E-state index contributed by atoms with van der Waals surface area (Å²) in [6.07, 6.45) is 7.39. The van der Waals surface area contributed by atoms with Crippen molar-refractivity contribution in [1.82, 2.24) is 30.1 Å². The number of hydrogen-bond acceptors (Lipinski definition) is 7. The molecule has 1 fully saturated rings. The number of aromatic amines is 2. The Hall–Kier alpha value is -4.77. The SMILES string of the molecule is CC(=O)c1ccc(-c2cccc3[nH]c(-c4n[nH]c5cnc(-c6cncc(NC(=O)C7CCC7)c6)c(F)c45)nc23)s1. The molecule has 7 rings (SSSR count). The zero-order chi connectivity index (χ0) is 27.4. The van der Waals surface area contributed by atoms with Crippen molar-refractivity contribution in [2.24, 2.45) is 5.92 Å². The predicted molar refractivity (Wildman–Crippen MR) is 151 cm³/mol. The number of pyridine rings is 2. The minimum absolute atomic E-state index is 0.00973. The number of Topliss-reactive ketones (excluding diaryl/α,β-unsaturated/α-hetero) is 1. The number of ketones is 1. The second-order valence-corrected chi connectivity index (χ2v) is 11.0. The summed E-state index contributed by atoms with van der Waals surface area (Å²) in [5.41, 5.74) is 4.08. The van der Waals surface area contributed by atoms with E-state index in [4.69, 9.17) is 4.98 Å². The third-order valence-electron chi connectivity index (χ3n) is 7.26. The van der Waals surface area contributed by atoms with Crippen molar-refractivity contribution >= 4 is 50.7 Å². The van der Waals surface area contributed by atoms with Crippen LogP contribution in [-0.4, -0.2) is 41.8 Å². The first kappa shape index (κ1) is 24.3. The van der Waals surface area contributed by atoms with Crippen LogP contribution >= 0.6 is 11.3 Å². The Bertz CT molecular complexity index is 1950. The van der Waals surface area contributed by atoms with E-state index in [1.165, 1.54) is 23.7 Å². The molecule has 5 aromatic heterocycles. The van der Waals surface area contributed by atoms with E-state index < -0.39 is 5.82 Å². The first-order chi connectivity index (χ1) is 19.5. The van der Waals surface area contributed by atoms with Gasteiger partial charge in [0.2, 0.25) is 5.91 Å². The number of anilines is 1. The highest BCUT2D eigenvalue weighted by atomic mass is 32.1. The molecular weight excluding hydrogens is 529 g/mol. The molecule has 11 heteroatoms. The predicted octanol–water partition coefficient (Wildman–Crippen LogP) is 6.37. The van der Waals surface area contributed by atoms with Gasteiger partial charge in [-0.2, -0.15) is 5.10 Å². The van der Waals surface area contributed by atoms with Crippen molar-refractivity contribution in [3.8, 4) is 33.2 Å². The average Bonchev–Trinajstić information content (AvgIpc) is 3.65. The second-order valence-electron chi connectivity index (χ2n) is 9.87. The molecule has 40 heavy (non-hydrogen) atoms. The topological polar surface area (TPSA) is 129 Å². The second kappa shape index (κ2) is 9.45. The van der Waals surface area contributed by atoms with E-state index in [-0.39, 0.29) is 28.7 Å². The monoisotopic (exact) mass is 551 g/mol. The third kappa shape index (κ3) is 4.06. The number of rotatable bonds is 6. The number of halogens is 1. The molecule has 3 N–H and O–H groups in total. The molecule has 0 atom stereocenters. The summed E-state index contributed by atoms with van der Waals surface area (Å²) in [5, 5.41) is 10.3. The van der Waals surface area contributed by atoms with E-state index in [9.17, 15) is 9.59 Å². The smallest absolute Gasteiger partial charge is 0.227 e. The van der Waals surface area contributed by atoms with Gasteiger partial charge in [-0.05, 0) is 44.0 Å². The number of thiophene rings is 1. The van der Waals surface area contributed by atoms with Crippen molar-refractivity contribution < 1.29 is 14.0 Å². The van der Waals surface area contributed by atoms with Crippen LogP contribution in [0.15, 0.2) is 55.0 Å². The highest BCUT2D eigenvalue weighted by Gasteiger charge is 2.26. The molecule has 1 amide bonds. The lowest BCUT2D eigenvalue weighted by Crippen LogP contribution is -2.28. The Morgan fingerprint density at radius 3 is 2.73 bits per heavy atom. The molecular formula is C29H22FN7O2S. The van der Waals surface area contributed by atoms with Gasteiger partial charge in [0.05, 0.1) is 44.9 Å².